The molecule has 11 heteroatoms. The molecule has 0 radical (unpaired) electrons. The van der Waals surface area contributed by atoms with Gasteiger partial charge >= 0.3 is 0 Å². The van der Waals surface area contributed by atoms with Gasteiger partial charge < -0.3 is 20.7 Å². The van der Waals surface area contributed by atoms with Crippen molar-refractivity contribution in [2.45, 2.75) is 12.8 Å². The van der Waals surface area contributed by atoms with Gasteiger partial charge in [-0.1, -0.05) is 29.3 Å². The molecule has 0 bridgehead atoms. The number of nitrogens with zero attached hydrogens (tertiary/aromatic N) is 1. The van der Waals surface area contributed by atoms with Gasteiger partial charge in [-0.05, 0) is 18.6 Å². The largest absolute Gasteiger partial charge is 0.383 e. The predicted octanol–water partition coefficient (Wildman–Crippen LogP) is 2.27. The van der Waals surface area contributed by atoms with Crippen molar-refractivity contribution in [2.24, 2.45) is 5.92 Å². The molecule has 1 aliphatic heterocycles. The number of nitrogens with one attached hydrogen (secondary N) is 4. The minimum atomic E-state index is -0.712. The average molecular weight is 440 g/mol. The molecule has 29 heavy (non-hydrogen) atoms. The number of rotatable bonds is 7. The molecule has 2 heterocycles. The molecule has 1 aromatic carbocycles. The summed E-state index contributed by atoms with van der Waals surface area (Å²) < 4.78 is 4.93. The Morgan fingerprint density at radius 2 is 2.14 bits per heavy atom. The van der Waals surface area contributed by atoms with Gasteiger partial charge in [0.15, 0.2) is 0 Å². The van der Waals surface area contributed by atoms with E-state index >= 15 is 0 Å². The first-order valence-electron chi connectivity index (χ1n) is 8.79. The van der Waals surface area contributed by atoms with Gasteiger partial charge in [0, 0.05) is 20.1 Å². The molecule has 1 aliphatic rings. The minimum absolute atomic E-state index is 0.0958. The Morgan fingerprint density at radius 3 is 2.90 bits per heavy atom. The fraction of sp³-hybridized carbons (Fsp3) is 0.333. The van der Waals surface area contributed by atoms with Crippen LogP contribution in [-0.4, -0.2) is 42.0 Å². The summed E-state index contributed by atoms with van der Waals surface area (Å²) in [6.45, 7) is 0.877. The Labute approximate surface area is 176 Å². The molecule has 1 aromatic heterocycles. The second-order valence-corrected chi connectivity index (χ2v) is 7.19. The molecular weight excluding hydrogens is 421 g/mol. The number of methoxy groups -OCH3 is 1. The quantitative estimate of drug-likeness (QED) is 0.490. The zero-order valence-electron chi connectivity index (χ0n) is 15.5. The minimum Gasteiger partial charge on any atom is -0.383 e. The zero-order chi connectivity index (χ0) is 21.0. The molecule has 9 nitrogen and oxygen atoms in total. The number of carbonyl (C=O) groups is 2. The number of hydrogen-bond acceptors (Lipinski definition) is 6. The molecule has 1 unspecified atom stereocenters. The van der Waals surface area contributed by atoms with E-state index in [4.69, 9.17) is 27.9 Å². The van der Waals surface area contributed by atoms with Crippen LogP contribution >= 0.6 is 23.2 Å². The lowest BCUT2D eigenvalue weighted by molar-refractivity contribution is -0.125. The van der Waals surface area contributed by atoms with E-state index in [2.05, 4.69) is 25.9 Å². The topological polar surface area (TPSA) is 125 Å². The van der Waals surface area contributed by atoms with E-state index < -0.39 is 11.8 Å². The molecule has 1 atom stereocenters. The summed E-state index contributed by atoms with van der Waals surface area (Å²) in [7, 11) is 1.56. The molecule has 0 spiro atoms. The van der Waals surface area contributed by atoms with Crippen molar-refractivity contribution in [3.05, 3.63) is 44.2 Å². The van der Waals surface area contributed by atoms with Crippen molar-refractivity contribution < 1.29 is 14.3 Å². The summed E-state index contributed by atoms with van der Waals surface area (Å²) in [4.78, 5) is 44.0. The third kappa shape index (κ3) is 5.06. The van der Waals surface area contributed by atoms with E-state index in [1.807, 2.05) is 0 Å². The summed E-state index contributed by atoms with van der Waals surface area (Å²) in [6.07, 6.45) is -0.0278. The van der Waals surface area contributed by atoms with E-state index in [1.165, 1.54) is 0 Å². The average Bonchev–Trinajstić information content (AvgIpc) is 2.67. The van der Waals surface area contributed by atoms with E-state index in [1.54, 1.807) is 25.3 Å². The van der Waals surface area contributed by atoms with Crippen LogP contribution in [-0.2, 0) is 20.7 Å². The highest BCUT2D eigenvalue weighted by Crippen LogP contribution is 2.30. The third-order valence-electron chi connectivity index (χ3n) is 4.33. The number of halogens is 2. The van der Waals surface area contributed by atoms with E-state index in [0.717, 1.165) is 0 Å². The highest BCUT2D eigenvalue weighted by atomic mass is 35.5. The normalized spacial score (nSPS) is 15.4. The Balaban J connectivity index is 1.69. The number of amides is 2. The van der Waals surface area contributed by atoms with Crippen LogP contribution in [0.15, 0.2) is 23.0 Å². The monoisotopic (exact) mass is 439 g/mol. The van der Waals surface area contributed by atoms with Crippen molar-refractivity contribution in [1.29, 1.82) is 0 Å². The van der Waals surface area contributed by atoms with Crippen LogP contribution in [0, 0.1) is 5.92 Å². The number of ether oxygens (including phenoxy) is 1. The van der Waals surface area contributed by atoms with Crippen LogP contribution in [0.2, 0.25) is 10.0 Å². The molecule has 2 amide bonds. The van der Waals surface area contributed by atoms with E-state index in [0.29, 0.717) is 29.4 Å². The number of aromatic amines is 1. The SMILES string of the molecule is COCCNc1nc2c(c(=O)[nH]1)CC(CC(=O)Nc1cccc(Cl)c1Cl)C(=O)N2. The lowest BCUT2D eigenvalue weighted by Crippen LogP contribution is -2.37. The Kier molecular flexibility index (Phi) is 6.73. The summed E-state index contributed by atoms with van der Waals surface area (Å²) in [5, 5.41) is 8.67. The zero-order valence-corrected chi connectivity index (χ0v) is 17.0. The van der Waals surface area contributed by atoms with Gasteiger partial charge in [0.05, 0.1) is 33.8 Å². The molecule has 0 saturated heterocycles. The number of carbonyl (C=O) groups excluding carboxylic acids is 2. The molecule has 2 aromatic rings. The molecule has 0 fully saturated rings. The summed E-state index contributed by atoms with van der Waals surface area (Å²) >= 11 is 12.0. The maximum absolute atomic E-state index is 12.4. The second-order valence-electron chi connectivity index (χ2n) is 6.41. The molecule has 3 rings (SSSR count). The summed E-state index contributed by atoms with van der Waals surface area (Å²) in [6, 6.07) is 4.86. The van der Waals surface area contributed by atoms with Crippen molar-refractivity contribution in [3.63, 3.8) is 0 Å². The number of H-pyrrole nitrogens is 1. The fourth-order valence-electron chi connectivity index (χ4n) is 2.89. The summed E-state index contributed by atoms with van der Waals surface area (Å²) in [5.74, 6) is -1.09. The second kappa shape index (κ2) is 9.25. The molecule has 0 saturated carbocycles. The molecular formula is C18H19Cl2N5O4. The third-order valence-corrected chi connectivity index (χ3v) is 5.15. The first kappa shape index (κ1) is 21.1. The van der Waals surface area contributed by atoms with Gasteiger partial charge in [-0.25, -0.2) is 0 Å². The van der Waals surface area contributed by atoms with Gasteiger partial charge in [0.25, 0.3) is 5.56 Å². The van der Waals surface area contributed by atoms with Crippen molar-refractivity contribution >= 4 is 52.5 Å². The number of benzene rings is 1. The van der Waals surface area contributed by atoms with Gasteiger partial charge in [-0.3, -0.25) is 19.4 Å². The lowest BCUT2D eigenvalue weighted by atomic mass is 9.92. The van der Waals surface area contributed by atoms with Crippen LogP contribution in [0.25, 0.3) is 0 Å². The Bertz CT molecular complexity index is 995. The maximum Gasteiger partial charge on any atom is 0.257 e. The van der Waals surface area contributed by atoms with Crippen LogP contribution in [0.3, 0.4) is 0 Å². The van der Waals surface area contributed by atoms with E-state index in [-0.39, 0.29) is 41.1 Å². The predicted molar refractivity (Wildman–Crippen MR) is 111 cm³/mol. The lowest BCUT2D eigenvalue weighted by Gasteiger charge is -2.23. The standard InChI is InChI=1S/C18H19Cl2N5O4/c1-29-6-5-21-18-24-15-10(17(28)25-18)7-9(16(27)23-15)8-13(26)22-12-4-2-3-11(19)14(12)20/h2-4,9H,5-8H2,1H3,(H,22,26)(H3,21,23,24,25,27,28). The molecule has 4 N–H and O–H groups in total. The number of hydrogen-bond donors (Lipinski definition) is 4. The van der Waals surface area contributed by atoms with Crippen molar-refractivity contribution in [2.75, 3.05) is 36.2 Å². The number of fused-ring (bicyclic) bond motifs is 1. The fourth-order valence-corrected chi connectivity index (χ4v) is 3.24. The first-order chi connectivity index (χ1) is 13.9. The highest BCUT2D eigenvalue weighted by molar-refractivity contribution is 6.44. The highest BCUT2D eigenvalue weighted by Gasteiger charge is 2.31. The first-order valence-corrected chi connectivity index (χ1v) is 9.55. The van der Waals surface area contributed by atoms with Crippen molar-refractivity contribution in [1.82, 2.24) is 9.97 Å². The maximum atomic E-state index is 12.4. The van der Waals surface area contributed by atoms with Crippen LogP contribution < -0.4 is 21.5 Å². The van der Waals surface area contributed by atoms with Gasteiger partial charge in [0.1, 0.15) is 5.82 Å². The van der Waals surface area contributed by atoms with Gasteiger partial charge in [0.2, 0.25) is 17.8 Å². The summed E-state index contributed by atoms with van der Waals surface area (Å²) in [5.41, 5.74) is 0.297. The van der Waals surface area contributed by atoms with Crippen molar-refractivity contribution in [3.8, 4) is 0 Å². The Morgan fingerprint density at radius 1 is 1.34 bits per heavy atom. The number of anilines is 3. The van der Waals surface area contributed by atoms with E-state index in [9.17, 15) is 14.4 Å². The van der Waals surface area contributed by atoms with Gasteiger partial charge in [-0.2, -0.15) is 4.98 Å². The van der Waals surface area contributed by atoms with Crippen LogP contribution in [0.4, 0.5) is 17.5 Å². The smallest absolute Gasteiger partial charge is 0.257 e. The number of aromatic nitrogens is 2. The Hall–Kier alpha value is -2.62. The van der Waals surface area contributed by atoms with Gasteiger partial charge in [-0.15, -0.1) is 0 Å². The van der Waals surface area contributed by atoms with Crippen LogP contribution in [0.1, 0.15) is 12.0 Å². The molecule has 0 aliphatic carbocycles. The molecule has 154 valence electrons. The van der Waals surface area contributed by atoms with Crippen LogP contribution in [0.5, 0.6) is 0 Å².